The molecular formula is C17H19N3O5S. The number of thiazole rings is 1. The SMILES string of the molecule is CC(C)CN(CCC(=O)O)C(=O)c1csc(-c2cccc([N+](=O)[O-])c2)n1. The number of carbonyl (C=O) groups excluding carboxylic acids is 1. The summed E-state index contributed by atoms with van der Waals surface area (Å²) in [6, 6.07) is 6.05. The number of carboxylic acids is 1. The summed E-state index contributed by atoms with van der Waals surface area (Å²) in [4.78, 5) is 39.7. The molecule has 0 atom stereocenters. The quantitative estimate of drug-likeness (QED) is 0.558. The van der Waals surface area contributed by atoms with Gasteiger partial charge in [0, 0.05) is 36.2 Å². The number of non-ortho nitro benzene ring substituents is 1. The highest BCUT2D eigenvalue weighted by molar-refractivity contribution is 7.13. The number of carbonyl (C=O) groups is 2. The molecule has 1 heterocycles. The van der Waals surface area contributed by atoms with Crippen LogP contribution in [0.5, 0.6) is 0 Å². The van der Waals surface area contributed by atoms with Gasteiger partial charge in [-0.3, -0.25) is 19.7 Å². The topological polar surface area (TPSA) is 114 Å². The second-order valence-electron chi connectivity index (χ2n) is 6.13. The molecule has 138 valence electrons. The van der Waals surface area contributed by atoms with Crippen molar-refractivity contribution in [2.45, 2.75) is 20.3 Å². The number of benzene rings is 1. The summed E-state index contributed by atoms with van der Waals surface area (Å²) < 4.78 is 0. The molecule has 0 spiro atoms. The number of hydrogen-bond acceptors (Lipinski definition) is 6. The van der Waals surface area contributed by atoms with E-state index in [0.717, 1.165) is 0 Å². The van der Waals surface area contributed by atoms with Crippen LogP contribution in [-0.4, -0.2) is 44.9 Å². The van der Waals surface area contributed by atoms with Crippen molar-refractivity contribution in [3.05, 3.63) is 45.5 Å². The first kappa shape index (κ1) is 19.5. The molecule has 1 N–H and O–H groups in total. The summed E-state index contributed by atoms with van der Waals surface area (Å²) in [6.07, 6.45) is -0.139. The molecule has 0 saturated carbocycles. The Bertz CT molecular complexity index is 818. The molecule has 0 unspecified atom stereocenters. The number of carboxylic acid groups (broad SMARTS) is 1. The summed E-state index contributed by atoms with van der Waals surface area (Å²) in [5, 5.41) is 21.9. The van der Waals surface area contributed by atoms with Crippen LogP contribution in [0.25, 0.3) is 10.6 Å². The molecule has 0 bridgehead atoms. The molecule has 0 radical (unpaired) electrons. The Kier molecular flexibility index (Phi) is 6.40. The smallest absolute Gasteiger partial charge is 0.305 e. The molecule has 2 aromatic rings. The number of nitro groups is 1. The molecule has 1 aromatic carbocycles. The highest BCUT2D eigenvalue weighted by atomic mass is 32.1. The lowest BCUT2D eigenvalue weighted by Crippen LogP contribution is -2.36. The van der Waals surface area contributed by atoms with Gasteiger partial charge in [0.2, 0.25) is 0 Å². The molecule has 0 aliphatic rings. The van der Waals surface area contributed by atoms with Crippen LogP contribution in [0.15, 0.2) is 29.6 Å². The average molecular weight is 377 g/mol. The fourth-order valence-electron chi connectivity index (χ4n) is 2.37. The number of nitro benzene ring substituents is 1. The first-order chi connectivity index (χ1) is 12.3. The van der Waals surface area contributed by atoms with Crippen LogP contribution < -0.4 is 0 Å². The zero-order valence-corrected chi connectivity index (χ0v) is 15.2. The van der Waals surface area contributed by atoms with Gasteiger partial charge in [-0.05, 0) is 5.92 Å². The number of aromatic nitrogens is 1. The summed E-state index contributed by atoms with van der Waals surface area (Å²) in [6.45, 7) is 4.42. The zero-order chi connectivity index (χ0) is 19.3. The van der Waals surface area contributed by atoms with E-state index in [1.165, 1.54) is 28.4 Å². The predicted molar refractivity (Wildman–Crippen MR) is 97.2 cm³/mol. The van der Waals surface area contributed by atoms with Crippen LogP contribution in [0.2, 0.25) is 0 Å². The highest BCUT2D eigenvalue weighted by Crippen LogP contribution is 2.27. The number of hydrogen-bond donors (Lipinski definition) is 1. The molecule has 1 aromatic heterocycles. The molecule has 0 fully saturated rings. The van der Waals surface area contributed by atoms with Crippen LogP contribution in [0.3, 0.4) is 0 Å². The van der Waals surface area contributed by atoms with Crippen molar-refractivity contribution in [3.63, 3.8) is 0 Å². The second-order valence-corrected chi connectivity index (χ2v) is 6.99. The summed E-state index contributed by atoms with van der Waals surface area (Å²) in [7, 11) is 0. The van der Waals surface area contributed by atoms with Crippen LogP contribution in [0, 0.1) is 16.0 Å². The number of nitrogens with zero attached hydrogens (tertiary/aromatic N) is 3. The lowest BCUT2D eigenvalue weighted by Gasteiger charge is -2.23. The third-order valence-electron chi connectivity index (χ3n) is 3.50. The van der Waals surface area contributed by atoms with Gasteiger partial charge in [0.25, 0.3) is 11.6 Å². The van der Waals surface area contributed by atoms with Crippen molar-refractivity contribution in [1.82, 2.24) is 9.88 Å². The van der Waals surface area contributed by atoms with E-state index in [1.807, 2.05) is 13.8 Å². The van der Waals surface area contributed by atoms with Gasteiger partial charge < -0.3 is 10.0 Å². The maximum Gasteiger partial charge on any atom is 0.305 e. The summed E-state index contributed by atoms with van der Waals surface area (Å²) >= 11 is 1.21. The second kappa shape index (κ2) is 8.52. The highest BCUT2D eigenvalue weighted by Gasteiger charge is 2.21. The maximum absolute atomic E-state index is 12.7. The van der Waals surface area contributed by atoms with Crippen molar-refractivity contribution >= 4 is 28.9 Å². The Morgan fingerprint density at radius 3 is 2.73 bits per heavy atom. The molecule has 0 saturated heterocycles. The fraction of sp³-hybridized carbons (Fsp3) is 0.353. The lowest BCUT2D eigenvalue weighted by atomic mass is 10.2. The van der Waals surface area contributed by atoms with Crippen molar-refractivity contribution in [1.29, 1.82) is 0 Å². The molecule has 26 heavy (non-hydrogen) atoms. The van der Waals surface area contributed by atoms with E-state index in [0.29, 0.717) is 17.1 Å². The van der Waals surface area contributed by atoms with Crippen LogP contribution in [-0.2, 0) is 4.79 Å². The third-order valence-corrected chi connectivity index (χ3v) is 4.39. The van der Waals surface area contributed by atoms with E-state index < -0.39 is 10.9 Å². The Hall–Kier alpha value is -2.81. The number of rotatable bonds is 8. The van der Waals surface area contributed by atoms with Crippen LogP contribution in [0.4, 0.5) is 5.69 Å². The van der Waals surface area contributed by atoms with Gasteiger partial charge in [0.15, 0.2) is 0 Å². The van der Waals surface area contributed by atoms with Gasteiger partial charge in [-0.25, -0.2) is 4.98 Å². The molecular weight excluding hydrogens is 358 g/mol. The first-order valence-corrected chi connectivity index (χ1v) is 8.87. The van der Waals surface area contributed by atoms with Crippen LogP contribution >= 0.6 is 11.3 Å². The van der Waals surface area contributed by atoms with E-state index in [2.05, 4.69) is 4.98 Å². The van der Waals surface area contributed by atoms with Crippen molar-refractivity contribution < 1.29 is 19.6 Å². The molecule has 1 amide bonds. The van der Waals surface area contributed by atoms with Gasteiger partial charge in [-0.2, -0.15) is 0 Å². The fourth-order valence-corrected chi connectivity index (χ4v) is 3.16. The standard InChI is InChI=1S/C17H19N3O5S/c1-11(2)9-19(7-6-15(21)22)17(23)14-10-26-16(18-14)12-4-3-5-13(8-12)20(24)25/h3-5,8,10-11H,6-7,9H2,1-2H3,(H,21,22). The minimum Gasteiger partial charge on any atom is -0.481 e. The Labute approximate surface area is 154 Å². The molecule has 0 aliphatic carbocycles. The Morgan fingerprint density at radius 1 is 1.38 bits per heavy atom. The van der Waals surface area contributed by atoms with Crippen molar-refractivity contribution in [2.24, 2.45) is 5.92 Å². The molecule has 0 aliphatic heterocycles. The summed E-state index contributed by atoms with van der Waals surface area (Å²) in [5.41, 5.74) is 0.722. The molecule has 9 heteroatoms. The molecule has 8 nitrogen and oxygen atoms in total. The maximum atomic E-state index is 12.7. The Balaban J connectivity index is 2.23. The van der Waals surface area contributed by atoms with Gasteiger partial charge in [-0.1, -0.05) is 26.0 Å². The largest absolute Gasteiger partial charge is 0.481 e. The van der Waals surface area contributed by atoms with Crippen molar-refractivity contribution in [2.75, 3.05) is 13.1 Å². The third kappa shape index (κ3) is 5.09. The number of amides is 1. The molecule has 2 rings (SSSR count). The minimum atomic E-state index is -0.970. The minimum absolute atomic E-state index is 0.0477. The van der Waals surface area contributed by atoms with Gasteiger partial charge >= 0.3 is 5.97 Å². The van der Waals surface area contributed by atoms with Gasteiger partial charge in [-0.15, -0.1) is 11.3 Å². The van der Waals surface area contributed by atoms with E-state index in [1.54, 1.807) is 17.5 Å². The lowest BCUT2D eigenvalue weighted by molar-refractivity contribution is -0.384. The first-order valence-electron chi connectivity index (χ1n) is 7.99. The normalized spacial score (nSPS) is 10.7. The zero-order valence-electron chi connectivity index (χ0n) is 14.4. The van der Waals surface area contributed by atoms with Crippen LogP contribution in [0.1, 0.15) is 30.8 Å². The monoisotopic (exact) mass is 377 g/mol. The van der Waals surface area contributed by atoms with Gasteiger partial charge in [0.05, 0.1) is 11.3 Å². The number of aliphatic carboxylic acids is 1. The van der Waals surface area contributed by atoms with E-state index >= 15 is 0 Å². The van der Waals surface area contributed by atoms with Crippen molar-refractivity contribution in [3.8, 4) is 10.6 Å². The van der Waals surface area contributed by atoms with E-state index in [-0.39, 0.29) is 36.2 Å². The van der Waals surface area contributed by atoms with E-state index in [4.69, 9.17) is 5.11 Å². The average Bonchev–Trinajstić information content (AvgIpc) is 3.07. The van der Waals surface area contributed by atoms with E-state index in [9.17, 15) is 19.7 Å². The predicted octanol–water partition coefficient (Wildman–Crippen LogP) is 3.29. The summed E-state index contributed by atoms with van der Waals surface area (Å²) in [5.74, 6) is -1.13. The van der Waals surface area contributed by atoms with Gasteiger partial charge in [0.1, 0.15) is 10.7 Å². The Morgan fingerprint density at radius 2 is 2.12 bits per heavy atom.